The van der Waals surface area contributed by atoms with E-state index in [4.69, 9.17) is 10.8 Å². The quantitative estimate of drug-likeness (QED) is 0.265. The Balaban J connectivity index is 0. The molecular formula is C9H12NNaO7. The summed E-state index contributed by atoms with van der Waals surface area (Å²) < 4.78 is 4.22. The van der Waals surface area contributed by atoms with Crippen molar-refractivity contribution in [2.24, 2.45) is 5.73 Å². The molecule has 0 aromatic rings. The molecule has 0 amide bonds. The summed E-state index contributed by atoms with van der Waals surface area (Å²) in [6, 6.07) is -1.31. The van der Waals surface area contributed by atoms with Crippen LogP contribution in [0.1, 0.15) is 25.7 Å². The summed E-state index contributed by atoms with van der Waals surface area (Å²) in [5.74, 6) is -4.61. The molecule has 0 spiro atoms. The third-order valence-electron chi connectivity index (χ3n) is 1.73. The van der Waals surface area contributed by atoms with Crippen molar-refractivity contribution < 1.29 is 63.7 Å². The summed E-state index contributed by atoms with van der Waals surface area (Å²) in [6.07, 6.45) is -1.43. The number of aliphatic carboxylic acids is 2. The molecule has 0 fully saturated rings. The molecule has 0 radical (unpaired) electrons. The number of carbonyl (C=O) groups excluding carboxylic acids is 3. The van der Waals surface area contributed by atoms with Crippen molar-refractivity contribution in [1.29, 1.82) is 0 Å². The van der Waals surface area contributed by atoms with Crippen LogP contribution in [-0.2, 0) is 23.9 Å². The van der Waals surface area contributed by atoms with E-state index in [0.29, 0.717) is 0 Å². The summed E-state index contributed by atoms with van der Waals surface area (Å²) >= 11 is 0. The largest absolute Gasteiger partial charge is 1.00 e. The Morgan fingerprint density at radius 3 is 2.06 bits per heavy atom. The number of hydrogen-bond acceptors (Lipinski definition) is 7. The van der Waals surface area contributed by atoms with Gasteiger partial charge in [-0.2, -0.15) is 0 Å². The monoisotopic (exact) mass is 269 g/mol. The van der Waals surface area contributed by atoms with E-state index in [9.17, 15) is 24.3 Å². The molecule has 0 aliphatic rings. The molecule has 18 heavy (non-hydrogen) atoms. The molecule has 0 heterocycles. The number of carbonyl (C=O) groups is 4. The summed E-state index contributed by atoms with van der Waals surface area (Å²) in [4.78, 5) is 42.1. The zero-order chi connectivity index (χ0) is 13.4. The van der Waals surface area contributed by atoms with Crippen LogP contribution in [0, 0.1) is 0 Å². The third kappa shape index (κ3) is 10.2. The molecule has 96 valence electrons. The average Bonchev–Trinajstić information content (AvgIpc) is 2.22. The van der Waals surface area contributed by atoms with E-state index in [0.717, 1.165) is 0 Å². The normalized spacial score (nSPS) is 10.9. The first-order valence-corrected chi connectivity index (χ1v) is 4.74. The van der Waals surface area contributed by atoms with Crippen LogP contribution in [0.2, 0.25) is 0 Å². The molecule has 8 nitrogen and oxygen atoms in total. The van der Waals surface area contributed by atoms with Gasteiger partial charge in [-0.3, -0.25) is 14.4 Å². The molecule has 0 bridgehead atoms. The van der Waals surface area contributed by atoms with Gasteiger partial charge in [-0.05, 0) is 6.42 Å². The SMILES string of the molecule is N[C@@H](CCC(=O)OC(=O)CCC(=O)O)C(=O)[O-].[Na+]. The van der Waals surface area contributed by atoms with Crippen molar-refractivity contribution >= 4 is 23.9 Å². The van der Waals surface area contributed by atoms with E-state index in [1.807, 2.05) is 0 Å². The van der Waals surface area contributed by atoms with E-state index >= 15 is 0 Å². The van der Waals surface area contributed by atoms with E-state index in [2.05, 4.69) is 4.74 Å². The predicted octanol–water partition coefficient (Wildman–Crippen LogP) is -5.22. The molecular weight excluding hydrogens is 257 g/mol. The number of hydrogen-bond donors (Lipinski definition) is 2. The molecule has 0 rings (SSSR count). The van der Waals surface area contributed by atoms with Gasteiger partial charge < -0.3 is 25.5 Å². The first-order valence-electron chi connectivity index (χ1n) is 4.74. The van der Waals surface area contributed by atoms with E-state index < -0.39 is 42.8 Å². The molecule has 0 aromatic carbocycles. The Bertz CT molecular complexity index is 331. The zero-order valence-corrected chi connectivity index (χ0v) is 11.9. The summed E-state index contributed by atoms with van der Waals surface area (Å²) in [5, 5.41) is 18.4. The van der Waals surface area contributed by atoms with Crippen LogP contribution >= 0.6 is 0 Å². The average molecular weight is 269 g/mol. The molecule has 3 N–H and O–H groups in total. The van der Waals surface area contributed by atoms with Gasteiger partial charge in [-0.15, -0.1) is 0 Å². The van der Waals surface area contributed by atoms with Crippen LogP contribution in [0.15, 0.2) is 0 Å². The maximum Gasteiger partial charge on any atom is 1.00 e. The molecule has 0 saturated carbocycles. The van der Waals surface area contributed by atoms with Gasteiger partial charge in [0.2, 0.25) is 0 Å². The van der Waals surface area contributed by atoms with Gasteiger partial charge in [0.05, 0.1) is 18.8 Å². The van der Waals surface area contributed by atoms with Gasteiger partial charge in [-0.25, -0.2) is 0 Å². The predicted molar refractivity (Wildman–Crippen MR) is 50.2 cm³/mol. The number of esters is 2. The fourth-order valence-electron chi connectivity index (χ4n) is 0.829. The Morgan fingerprint density at radius 1 is 1.11 bits per heavy atom. The molecule has 0 aromatic heterocycles. The van der Waals surface area contributed by atoms with E-state index in [1.54, 1.807) is 0 Å². The summed E-state index contributed by atoms with van der Waals surface area (Å²) in [6.45, 7) is 0. The number of carboxylic acids is 2. The maximum atomic E-state index is 11.0. The van der Waals surface area contributed by atoms with Crippen LogP contribution in [-0.4, -0.2) is 35.0 Å². The third-order valence-corrected chi connectivity index (χ3v) is 1.73. The first kappa shape index (κ1) is 19.4. The van der Waals surface area contributed by atoms with Crippen molar-refractivity contribution in [3.8, 4) is 0 Å². The van der Waals surface area contributed by atoms with Crippen molar-refractivity contribution in [2.45, 2.75) is 31.7 Å². The fraction of sp³-hybridized carbons (Fsp3) is 0.556. The Morgan fingerprint density at radius 2 is 1.61 bits per heavy atom. The van der Waals surface area contributed by atoms with Gasteiger partial charge in [-0.1, -0.05) is 0 Å². The number of carboxylic acid groups (broad SMARTS) is 2. The van der Waals surface area contributed by atoms with Crippen LogP contribution < -0.4 is 40.4 Å². The smallest absolute Gasteiger partial charge is 0.548 e. The van der Waals surface area contributed by atoms with Crippen molar-refractivity contribution in [1.82, 2.24) is 0 Å². The van der Waals surface area contributed by atoms with Gasteiger partial charge in [0.15, 0.2) is 0 Å². The molecule has 0 unspecified atom stereocenters. The zero-order valence-electron chi connectivity index (χ0n) is 9.88. The molecule has 9 heteroatoms. The number of rotatable bonds is 7. The van der Waals surface area contributed by atoms with Crippen molar-refractivity contribution in [3.63, 3.8) is 0 Å². The van der Waals surface area contributed by atoms with Gasteiger partial charge in [0.25, 0.3) is 0 Å². The number of nitrogens with two attached hydrogens (primary N) is 1. The van der Waals surface area contributed by atoms with E-state index in [-0.39, 0.29) is 42.4 Å². The summed E-state index contributed by atoms with van der Waals surface area (Å²) in [5.41, 5.74) is 5.06. The summed E-state index contributed by atoms with van der Waals surface area (Å²) in [7, 11) is 0. The molecule has 0 aliphatic heterocycles. The van der Waals surface area contributed by atoms with Gasteiger partial charge in [0.1, 0.15) is 0 Å². The van der Waals surface area contributed by atoms with Crippen LogP contribution in [0.25, 0.3) is 0 Å². The molecule has 0 saturated heterocycles. The topological polar surface area (TPSA) is 147 Å². The van der Waals surface area contributed by atoms with Crippen LogP contribution in [0.3, 0.4) is 0 Å². The van der Waals surface area contributed by atoms with Crippen molar-refractivity contribution in [3.05, 3.63) is 0 Å². The van der Waals surface area contributed by atoms with E-state index in [1.165, 1.54) is 0 Å². The maximum absolute atomic E-state index is 11.0. The van der Waals surface area contributed by atoms with Gasteiger partial charge in [0, 0.05) is 12.5 Å². The second-order valence-corrected chi connectivity index (χ2v) is 3.20. The minimum absolute atomic E-state index is 0. The standard InChI is InChI=1S/C9H13NO7.Na/c10-5(9(15)16)1-3-7(13)17-8(14)4-2-6(11)12;/h5H,1-4,10H2,(H,11,12)(H,15,16);/q;+1/p-1/t5-;/m0./s1. The second-order valence-electron chi connectivity index (χ2n) is 3.20. The number of ether oxygens (including phenoxy) is 1. The fourth-order valence-corrected chi connectivity index (χ4v) is 0.829. The molecule has 1 atom stereocenters. The molecule has 0 aliphatic carbocycles. The first-order chi connectivity index (χ1) is 7.82. The Labute approximate surface area is 125 Å². The second kappa shape index (κ2) is 10.0. The minimum Gasteiger partial charge on any atom is -0.548 e. The van der Waals surface area contributed by atoms with Gasteiger partial charge >= 0.3 is 47.5 Å². The Hall–Kier alpha value is -0.960. The van der Waals surface area contributed by atoms with Crippen LogP contribution in [0.5, 0.6) is 0 Å². The van der Waals surface area contributed by atoms with Crippen LogP contribution in [0.4, 0.5) is 0 Å². The van der Waals surface area contributed by atoms with Crippen molar-refractivity contribution in [2.75, 3.05) is 0 Å². The Kier molecular flexibility index (Phi) is 10.8. The minimum atomic E-state index is -1.50.